The van der Waals surface area contributed by atoms with Gasteiger partial charge in [-0.2, -0.15) is 0 Å². The minimum absolute atomic E-state index is 0.127. The number of aryl methyl sites for hydroxylation is 2. The summed E-state index contributed by atoms with van der Waals surface area (Å²) in [5.41, 5.74) is 5.56. The van der Waals surface area contributed by atoms with Crippen LogP contribution in [0.5, 0.6) is 0 Å². The predicted octanol–water partition coefficient (Wildman–Crippen LogP) is 7.12. The van der Waals surface area contributed by atoms with Gasteiger partial charge in [0.1, 0.15) is 0 Å². The molecule has 44 heavy (non-hydrogen) atoms. The van der Waals surface area contributed by atoms with Gasteiger partial charge in [-0.1, -0.05) is 84.5 Å². The smallest absolute Gasteiger partial charge is 0.340 e. The van der Waals surface area contributed by atoms with Gasteiger partial charge in [0.15, 0.2) is 0 Å². The largest absolute Gasteiger partial charge is 0.462 e. The van der Waals surface area contributed by atoms with Crippen molar-refractivity contribution in [1.29, 1.82) is 0 Å². The molecule has 2 heterocycles. The van der Waals surface area contributed by atoms with Gasteiger partial charge in [-0.05, 0) is 68.0 Å². The number of fused-ring (bicyclic) bond motifs is 2. The molecule has 1 amide bonds. The minimum atomic E-state index is -0.479. The summed E-state index contributed by atoms with van der Waals surface area (Å²) < 4.78 is 6.07. The SMILES string of the molecule is Cc1nc(C)c(C(=O)N2CCN(C)CC2)c(-c2cccc(Cl)c2)c1C(=O)OCCC1c2ccccc2C=CC2C=CC=CC21. The number of carbonyl (C=O) groups is 2. The van der Waals surface area contributed by atoms with Crippen LogP contribution in [0.2, 0.25) is 5.02 Å². The monoisotopic (exact) mass is 607 g/mol. The molecule has 0 bridgehead atoms. The van der Waals surface area contributed by atoms with E-state index in [2.05, 4.69) is 72.7 Å². The van der Waals surface area contributed by atoms with Crippen LogP contribution in [0.15, 0.2) is 78.9 Å². The number of esters is 1. The van der Waals surface area contributed by atoms with Crippen LogP contribution in [-0.4, -0.2) is 66.5 Å². The maximum Gasteiger partial charge on any atom is 0.340 e. The van der Waals surface area contributed by atoms with E-state index in [4.69, 9.17) is 21.3 Å². The van der Waals surface area contributed by atoms with Crippen molar-refractivity contribution in [3.63, 3.8) is 0 Å². The van der Waals surface area contributed by atoms with Crippen LogP contribution in [0.3, 0.4) is 0 Å². The van der Waals surface area contributed by atoms with Crippen molar-refractivity contribution in [3.05, 3.63) is 118 Å². The molecule has 7 heteroatoms. The van der Waals surface area contributed by atoms with E-state index in [1.165, 1.54) is 11.1 Å². The molecule has 0 N–H and O–H groups in total. The highest BCUT2D eigenvalue weighted by Gasteiger charge is 2.33. The number of rotatable bonds is 6. The van der Waals surface area contributed by atoms with Gasteiger partial charge in [0, 0.05) is 42.7 Å². The van der Waals surface area contributed by atoms with Crippen LogP contribution in [0, 0.1) is 25.7 Å². The van der Waals surface area contributed by atoms with Crippen molar-refractivity contribution in [3.8, 4) is 11.1 Å². The Morgan fingerprint density at radius 2 is 1.68 bits per heavy atom. The van der Waals surface area contributed by atoms with E-state index < -0.39 is 5.97 Å². The molecular weight excluding hydrogens is 570 g/mol. The van der Waals surface area contributed by atoms with E-state index >= 15 is 0 Å². The van der Waals surface area contributed by atoms with Gasteiger partial charge in [-0.15, -0.1) is 0 Å². The normalized spacial score (nSPS) is 21.0. The summed E-state index contributed by atoms with van der Waals surface area (Å²) in [6.07, 6.45) is 13.9. The second-order valence-corrected chi connectivity index (χ2v) is 12.4. The van der Waals surface area contributed by atoms with E-state index in [0.29, 0.717) is 58.2 Å². The molecule has 226 valence electrons. The van der Waals surface area contributed by atoms with Crippen molar-refractivity contribution in [2.75, 3.05) is 39.8 Å². The molecule has 1 aliphatic heterocycles. The molecule has 2 aromatic carbocycles. The molecule has 2 aliphatic carbocycles. The van der Waals surface area contributed by atoms with Crippen LogP contribution >= 0.6 is 11.6 Å². The lowest BCUT2D eigenvalue weighted by molar-refractivity contribution is 0.0486. The van der Waals surface area contributed by atoms with Crippen LogP contribution in [0.4, 0.5) is 0 Å². The first-order valence-corrected chi connectivity index (χ1v) is 15.7. The number of ether oxygens (including phenoxy) is 1. The van der Waals surface area contributed by atoms with E-state index in [-0.39, 0.29) is 30.3 Å². The summed E-state index contributed by atoms with van der Waals surface area (Å²) in [7, 11) is 2.05. The number of hydrogen-bond acceptors (Lipinski definition) is 5. The zero-order valence-corrected chi connectivity index (χ0v) is 26.3. The summed E-state index contributed by atoms with van der Waals surface area (Å²) in [6.45, 7) is 6.68. The Hall–Kier alpha value is -4.00. The first-order chi connectivity index (χ1) is 21.3. The number of allylic oxidation sites excluding steroid dienone is 5. The van der Waals surface area contributed by atoms with Crippen molar-refractivity contribution < 1.29 is 14.3 Å². The number of aromatic nitrogens is 1. The van der Waals surface area contributed by atoms with Crippen LogP contribution in [0.25, 0.3) is 17.2 Å². The standard InChI is InChI=1S/C37H38ClN3O3/c1-24-33(36(42)41-20-18-40(3)19-21-41)35(28-11-8-12-29(38)23-28)34(25(2)39-24)37(43)44-22-17-32-30-13-6-4-9-26(30)15-16-27-10-5-7-14-31(27)32/h4-16,23,26,30,32H,17-22H2,1-3H3. The van der Waals surface area contributed by atoms with Crippen molar-refractivity contribution in [2.45, 2.75) is 26.2 Å². The summed E-state index contributed by atoms with van der Waals surface area (Å²) in [5, 5.41) is 0.525. The maximum atomic E-state index is 14.1. The maximum absolute atomic E-state index is 14.1. The fraction of sp³-hybridized carbons (Fsp3) is 0.324. The number of pyridine rings is 1. The van der Waals surface area contributed by atoms with E-state index in [1.807, 2.05) is 24.0 Å². The van der Waals surface area contributed by atoms with Gasteiger partial charge in [0.25, 0.3) is 5.91 Å². The Morgan fingerprint density at radius 1 is 0.932 bits per heavy atom. The number of nitrogens with zero attached hydrogens (tertiary/aromatic N) is 3. The topological polar surface area (TPSA) is 62.7 Å². The molecule has 0 saturated carbocycles. The first kappa shape index (κ1) is 30.0. The summed E-state index contributed by atoms with van der Waals surface area (Å²) >= 11 is 6.43. The average Bonchev–Trinajstić information content (AvgIpc) is 3.18. The number of carbonyl (C=O) groups excluding carboxylic acids is 2. The molecular formula is C37H38ClN3O3. The van der Waals surface area contributed by atoms with Crippen molar-refractivity contribution in [2.24, 2.45) is 11.8 Å². The average molecular weight is 608 g/mol. The lowest BCUT2D eigenvalue weighted by atomic mass is 9.75. The van der Waals surface area contributed by atoms with Gasteiger partial charge in [0.05, 0.1) is 29.1 Å². The highest BCUT2D eigenvalue weighted by molar-refractivity contribution is 6.31. The molecule has 1 aromatic heterocycles. The summed E-state index contributed by atoms with van der Waals surface area (Å²) in [6, 6.07) is 15.8. The van der Waals surface area contributed by atoms with Gasteiger partial charge in [-0.3, -0.25) is 9.78 Å². The zero-order valence-electron chi connectivity index (χ0n) is 25.5. The molecule has 1 fully saturated rings. The summed E-state index contributed by atoms with van der Waals surface area (Å²) in [5.74, 6) is 0.135. The number of amides is 1. The minimum Gasteiger partial charge on any atom is -0.462 e. The summed E-state index contributed by atoms with van der Waals surface area (Å²) in [4.78, 5) is 36.8. The molecule has 6 nitrogen and oxygen atoms in total. The lowest BCUT2D eigenvalue weighted by Gasteiger charge is -2.33. The molecule has 3 unspecified atom stereocenters. The fourth-order valence-electron chi connectivity index (χ4n) is 6.82. The predicted molar refractivity (Wildman–Crippen MR) is 176 cm³/mol. The van der Waals surface area contributed by atoms with E-state index in [1.54, 1.807) is 19.1 Å². The molecule has 6 rings (SSSR count). The second kappa shape index (κ2) is 12.9. The highest BCUT2D eigenvalue weighted by Crippen LogP contribution is 2.42. The van der Waals surface area contributed by atoms with Gasteiger partial charge >= 0.3 is 5.97 Å². The zero-order chi connectivity index (χ0) is 30.8. The Balaban J connectivity index is 1.32. The van der Waals surface area contributed by atoms with Gasteiger partial charge in [0.2, 0.25) is 0 Å². The van der Waals surface area contributed by atoms with Crippen molar-refractivity contribution in [1.82, 2.24) is 14.8 Å². The van der Waals surface area contributed by atoms with Gasteiger partial charge < -0.3 is 14.5 Å². The van der Waals surface area contributed by atoms with Crippen molar-refractivity contribution >= 4 is 29.6 Å². The molecule has 0 spiro atoms. The molecule has 3 atom stereocenters. The lowest BCUT2D eigenvalue weighted by Crippen LogP contribution is -2.47. The number of hydrogen-bond donors (Lipinski definition) is 0. The third-order valence-electron chi connectivity index (χ3n) is 9.12. The van der Waals surface area contributed by atoms with Crippen LogP contribution in [0.1, 0.15) is 55.6 Å². The molecule has 3 aromatic rings. The number of likely N-dealkylation sites (N-methyl/N-ethyl adjacent to an activating group) is 1. The Kier molecular flexibility index (Phi) is 8.83. The third-order valence-corrected chi connectivity index (χ3v) is 9.36. The highest BCUT2D eigenvalue weighted by atomic mass is 35.5. The Labute approximate surface area is 264 Å². The number of piperazine rings is 1. The number of benzene rings is 2. The molecule has 1 saturated heterocycles. The Morgan fingerprint density at radius 3 is 2.48 bits per heavy atom. The molecule has 3 aliphatic rings. The molecule has 0 radical (unpaired) electrons. The van der Waals surface area contributed by atoms with E-state index in [0.717, 1.165) is 13.1 Å². The van der Waals surface area contributed by atoms with Crippen LogP contribution < -0.4 is 0 Å². The second-order valence-electron chi connectivity index (χ2n) is 12.0. The van der Waals surface area contributed by atoms with Gasteiger partial charge in [-0.25, -0.2) is 4.79 Å². The van der Waals surface area contributed by atoms with Crippen LogP contribution in [-0.2, 0) is 4.74 Å². The fourth-order valence-corrected chi connectivity index (χ4v) is 7.01. The Bertz CT molecular complexity index is 1670. The van der Waals surface area contributed by atoms with E-state index in [9.17, 15) is 9.59 Å². The quantitative estimate of drug-likeness (QED) is 0.279. The number of halogens is 1. The third kappa shape index (κ3) is 6.01. The first-order valence-electron chi connectivity index (χ1n) is 15.4.